The first-order valence-electron chi connectivity index (χ1n) is 4.14. The Hall–Kier alpha value is -0.100. The van der Waals surface area contributed by atoms with Crippen molar-refractivity contribution in [2.45, 2.75) is 6.92 Å². The number of carbonyl (C=O) groups excluding carboxylic acids is 1. The maximum Gasteiger partial charge on any atom is 0.160 e. The highest BCUT2D eigenvalue weighted by atomic mass is 127. The predicted octanol–water partition coefficient (Wildman–Crippen LogP) is 3.27. The summed E-state index contributed by atoms with van der Waals surface area (Å²) < 4.78 is 6.34. The van der Waals surface area contributed by atoms with Crippen molar-refractivity contribution in [3.63, 3.8) is 0 Å². The molecule has 0 atom stereocenters. The SMILES string of the molecule is CC(=O)c1ccc(OCCBr)cc1I. The summed E-state index contributed by atoms with van der Waals surface area (Å²) >= 11 is 5.42. The molecule has 0 radical (unpaired) electrons. The van der Waals surface area contributed by atoms with Gasteiger partial charge in [-0.25, -0.2) is 0 Å². The molecule has 2 nitrogen and oxygen atoms in total. The van der Waals surface area contributed by atoms with Gasteiger partial charge in [0.1, 0.15) is 5.75 Å². The van der Waals surface area contributed by atoms with Crippen LogP contribution in [-0.4, -0.2) is 17.7 Å². The van der Waals surface area contributed by atoms with Crippen LogP contribution in [0, 0.1) is 3.57 Å². The van der Waals surface area contributed by atoms with Crippen molar-refractivity contribution >= 4 is 44.3 Å². The maximum atomic E-state index is 11.1. The van der Waals surface area contributed by atoms with Crippen LogP contribution in [0.4, 0.5) is 0 Å². The van der Waals surface area contributed by atoms with Crippen LogP contribution in [0.15, 0.2) is 18.2 Å². The molecule has 76 valence electrons. The first kappa shape index (κ1) is 12.0. The van der Waals surface area contributed by atoms with Gasteiger partial charge in [-0.05, 0) is 47.7 Å². The highest BCUT2D eigenvalue weighted by molar-refractivity contribution is 14.1. The van der Waals surface area contributed by atoms with Gasteiger partial charge < -0.3 is 4.74 Å². The molecule has 1 aromatic rings. The molecule has 0 aliphatic carbocycles. The fraction of sp³-hybridized carbons (Fsp3) is 0.300. The van der Waals surface area contributed by atoms with Crippen LogP contribution in [0.5, 0.6) is 5.75 Å². The average Bonchev–Trinajstić information content (AvgIpc) is 2.14. The van der Waals surface area contributed by atoms with Crippen LogP contribution in [0.25, 0.3) is 0 Å². The van der Waals surface area contributed by atoms with Crippen LogP contribution < -0.4 is 4.74 Å². The number of hydrogen-bond acceptors (Lipinski definition) is 2. The summed E-state index contributed by atoms with van der Waals surface area (Å²) in [7, 11) is 0. The second-order valence-corrected chi connectivity index (χ2v) is 4.69. The summed E-state index contributed by atoms with van der Waals surface area (Å²) in [6, 6.07) is 5.50. The summed E-state index contributed by atoms with van der Waals surface area (Å²) in [6.07, 6.45) is 0. The van der Waals surface area contributed by atoms with Crippen molar-refractivity contribution in [2.24, 2.45) is 0 Å². The largest absolute Gasteiger partial charge is 0.493 e. The van der Waals surface area contributed by atoms with Crippen molar-refractivity contribution < 1.29 is 9.53 Å². The lowest BCUT2D eigenvalue weighted by Crippen LogP contribution is -2.00. The van der Waals surface area contributed by atoms with E-state index in [2.05, 4.69) is 38.5 Å². The zero-order chi connectivity index (χ0) is 10.6. The molecular weight excluding hydrogens is 359 g/mol. The van der Waals surface area contributed by atoms with Crippen molar-refractivity contribution in [2.75, 3.05) is 11.9 Å². The summed E-state index contributed by atoms with van der Waals surface area (Å²) in [5.74, 6) is 0.889. The van der Waals surface area contributed by atoms with E-state index in [1.54, 1.807) is 13.0 Å². The number of Topliss-reactive ketones (excluding diaryl/α,β-unsaturated/α-hetero) is 1. The molecule has 0 unspecified atom stereocenters. The lowest BCUT2D eigenvalue weighted by Gasteiger charge is -2.06. The number of ether oxygens (including phenoxy) is 1. The van der Waals surface area contributed by atoms with Gasteiger partial charge in [0.05, 0.1) is 6.61 Å². The molecule has 1 rings (SSSR count). The zero-order valence-corrected chi connectivity index (χ0v) is 11.5. The third kappa shape index (κ3) is 3.24. The molecule has 4 heteroatoms. The van der Waals surface area contributed by atoms with Crippen LogP contribution in [0.1, 0.15) is 17.3 Å². The molecular formula is C10H10BrIO2. The Morgan fingerprint density at radius 2 is 2.29 bits per heavy atom. The standard InChI is InChI=1S/C10H10BrIO2/c1-7(13)9-3-2-8(6-10(9)12)14-5-4-11/h2-3,6H,4-5H2,1H3. The molecule has 0 N–H and O–H groups in total. The lowest BCUT2D eigenvalue weighted by molar-refractivity contribution is 0.101. The average molecular weight is 369 g/mol. The fourth-order valence-corrected chi connectivity index (χ4v) is 2.06. The van der Waals surface area contributed by atoms with E-state index >= 15 is 0 Å². The first-order chi connectivity index (χ1) is 6.65. The smallest absolute Gasteiger partial charge is 0.160 e. The molecule has 0 bridgehead atoms. The zero-order valence-electron chi connectivity index (χ0n) is 7.72. The van der Waals surface area contributed by atoms with E-state index in [-0.39, 0.29) is 5.78 Å². The molecule has 0 heterocycles. The van der Waals surface area contributed by atoms with Gasteiger partial charge in [0.15, 0.2) is 5.78 Å². The van der Waals surface area contributed by atoms with Crippen molar-refractivity contribution in [1.29, 1.82) is 0 Å². The van der Waals surface area contributed by atoms with Gasteiger partial charge in [0.25, 0.3) is 0 Å². The molecule has 0 spiro atoms. The number of carbonyl (C=O) groups is 1. The topological polar surface area (TPSA) is 26.3 Å². The second-order valence-electron chi connectivity index (χ2n) is 2.74. The Kier molecular flexibility index (Phi) is 4.88. The van der Waals surface area contributed by atoms with E-state index in [4.69, 9.17) is 4.74 Å². The molecule has 14 heavy (non-hydrogen) atoms. The summed E-state index contributed by atoms with van der Waals surface area (Å²) in [5, 5.41) is 0.804. The summed E-state index contributed by atoms with van der Waals surface area (Å²) in [4.78, 5) is 11.1. The van der Waals surface area contributed by atoms with Crippen LogP contribution in [-0.2, 0) is 0 Å². The van der Waals surface area contributed by atoms with E-state index in [0.717, 1.165) is 20.2 Å². The van der Waals surface area contributed by atoms with Crippen molar-refractivity contribution in [3.05, 3.63) is 27.3 Å². The van der Waals surface area contributed by atoms with Crippen molar-refractivity contribution in [3.8, 4) is 5.75 Å². The monoisotopic (exact) mass is 368 g/mol. The Morgan fingerprint density at radius 3 is 2.79 bits per heavy atom. The predicted molar refractivity (Wildman–Crippen MR) is 68.5 cm³/mol. The number of benzene rings is 1. The van der Waals surface area contributed by atoms with Crippen LogP contribution in [0.3, 0.4) is 0 Å². The van der Waals surface area contributed by atoms with Crippen molar-refractivity contribution in [1.82, 2.24) is 0 Å². The van der Waals surface area contributed by atoms with Crippen LogP contribution >= 0.6 is 38.5 Å². The minimum absolute atomic E-state index is 0.0847. The van der Waals surface area contributed by atoms with E-state index < -0.39 is 0 Å². The highest BCUT2D eigenvalue weighted by Crippen LogP contribution is 2.20. The van der Waals surface area contributed by atoms with Gasteiger partial charge >= 0.3 is 0 Å². The van der Waals surface area contributed by atoms with E-state index in [1.807, 2.05) is 12.1 Å². The Labute approximate surface area is 105 Å². The van der Waals surface area contributed by atoms with E-state index in [1.165, 1.54) is 0 Å². The van der Waals surface area contributed by atoms with Crippen LogP contribution in [0.2, 0.25) is 0 Å². The molecule has 0 aliphatic heterocycles. The second kappa shape index (κ2) is 5.70. The van der Waals surface area contributed by atoms with E-state index in [0.29, 0.717) is 6.61 Å². The highest BCUT2D eigenvalue weighted by Gasteiger charge is 2.05. The molecule has 0 aromatic heterocycles. The summed E-state index contributed by atoms with van der Waals surface area (Å²) in [5.41, 5.74) is 0.747. The molecule has 1 aromatic carbocycles. The first-order valence-corrected chi connectivity index (χ1v) is 6.34. The number of halogens is 2. The quantitative estimate of drug-likeness (QED) is 0.463. The Morgan fingerprint density at radius 1 is 1.57 bits per heavy atom. The van der Waals surface area contributed by atoms with Gasteiger partial charge in [0, 0.05) is 14.5 Å². The lowest BCUT2D eigenvalue weighted by atomic mass is 10.1. The minimum atomic E-state index is 0.0847. The molecule has 0 fully saturated rings. The third-order valence-electron chi connectivity index (χ3n) is 1.67. The van der Waals surface area contributed by atoms with Gasteiger partial charge in [0.2, 0.25) is 0 Å². The Bertz CT molecular complexity index is 339. The minimum Gasteiger partial charge on any atom is -0.493 e. The summed E-state index contributed by atoms with van der Waals surface area (Å²) in [6.45, 7) is 2.20. The van der Waals surface area contributed by atoms with E-state index in [9.17, 15) is 4.79 Å². The van der Waals surface area contributed by atoms with Gasteiger partial charge in [-0.2, -0.15) is 0 Å². The Balaban J connectivity index is 2.83. The van der Waals surface area contributed by atoms with Gasteiger partial charge in [-0.3, -0.25) is 4.79 Å². The normalized spacial score (nSPS) is 9.93. The van der Waals surface area contributed by atoms with Gasteiger partial charge in [-0.1, -0.05) is 15.9 Å². The number of rotatable bonds is 4. The number of ketones is 1. The number of alkyl halides is 1. The maximum absolute atomic E-state index is 11.1. The third-order valence-corrected chi connectivity index (χ3v) is 2.88. The molecule has 0 amide bonds. The fourth-order valence-electron chi connectivity index (χ4n) is 1.03. The van der Waals surface area contributed by atoms with Gasteiger partial charge in [-0.15, -0.1) is 0 Å². The molecule has 0 saturated heterocycles. The molecule has 0 aliphatic rings. The number of hydrogen-bond donors (Lipinski definition) is 0. The molecule has 0 saturated carbocycles.